The lowest BCUT2D eigenvalue weighted by Crippen LogP contribution is -2.30. The molecular weight excluding hydrogens is 247 g/mol. The minimum absolute atomic E-state index is 0.273. The van der Waals surface area contributed by atoms with Gasteiger partial charge in [-0.1, -0.05) is 0 Å². The van der Waals surface area contributed by atoms with Gasteiger partial charge in [0.15, 0.2) is 0 Å². The second kappa shape index (κ2) is 3.84. The largest absolute Gasteiger partial charge is 0.449 e. The Morgan fingerprint density at radius 2 is 2.17 bits per heavy atom. The van der Waals surface area contributed by atoms with Gasteiger partial charge in [-0.05, 0) is 0 Å². The zero-order valence-corrected chi connectivity index (χ0v) is 9.25. The molecule has 1 aliphatic heterocycles. The summed E-state index contributed by atoms with van der Waals surface area (Å²) in [7, 11) is 0. The van der Waals surface area contributed by atoms with Gasteiger partial charge in [0.25, 0.3) is 0 Å². The molecular formula is C10H10F3N5. The number of aromatic amines is 1. The topological polar surface area (TPSA) is 58.5 Å². The first-order valence-corrected chi connectivity index (χ1v) is 5.44. The van der Waals surface area contributed by atoms with Crippen molar-refractivity contribution in [2.45, 2.75) is 19.3 Å². The fourth-order valence-electron chi connectivity index (χ4n) is 2.13. The van der Waals surface area contributed by atoms with Gasteiger partial charge in [-0.2, -0.15) is 18.3 Å². The summed E-state index contributed by atoms with van der Waals surface area (Å²) in [6.07, 6.45) is -1.43. The molecule has 5 nitrogen and oxygen atoms in total. The molecule has 3 heterocycles. The molecule has 0 atom stereocenters. The molecule has 2 N–H and O–H groups in total. The second-order valence-electron chi connectivity index (χ2n) is 4.04. The zero-order valence-electron chi connectivity index (χ0n) is 9.25. The number of rotatable bonds is 1. The van der Waals surface area contributed by atoms with Gasteiger partial charge in [-0.3, -0.25) is 5.10 Å². The van der Waals surface area contributed by atoms with E-state index in [1.807, 2.05) is 0 Å². The molecule has 0 amide bonds. The summed E-state index contributed by atoms with van der Waals surface area (Å²) >= 11 is 0. The van der Waals surface area contributed by atoms with Crippen LogP contribution in [0.4, 0.5) is 13.2 Å². The van der Waals surface area contributed by atoms with Crippen LogP contribution in [0.1, 0.15) is 11.5 Å². The van der Waals surface area contributed by atoms with Gasteiger partial charge in [-0.15, -0.1) is 0 Å². The predicted octanol–water partition coefficient (Wildman–Crippen LogP) is 1.40. The average molecular weight is 257 g/mol. The third-order valence-electron chi connectivity index (χ3n) is 2.90. The highest BCUT2D eigenvalue weighted by Gasteiger charge is 2.39. The molecule has 3 rings (SSSR count). The molecule has 18 heavy (non-hydrogen) atoms. The van der Waals surface area contributed by atoms with E-state index in [9.17, 15) is 13.2 Å². The number of halogens is 3. The standard InChI is InChI=1S/C10H10F3N5/c11-10(12,13)9-17-8(6-3-15-16-4-6)7-5-14-1-2-18(7)9/h3-4,14H,1-2,5H2,(H,15,16). The number of hydrogen-bond donors (Lipinski definition) is 2. The normalized spacial score (nSPS) is 15.7. The average Bonchev–Trinajstić information content (AvgIpc) is 2.94. The van der Waals surface area contributed by atoms with Crippen LogP contribution in [0.15, 0.2) is 12.4 Å². The molecule has 0 aliphatic carbocycles. The van der Waals surface area contributed by atoms with Gasteiger partial charge < -0.3 is 9.88 Å². The quantitative estimate of drug-likeness (QED) is 0.811. The number of nitrogens with one attached hydrogen (secondary N) is 2. The molecule has 0 spiro atoms. The van der Waals surface area contributed by atoms with Crippen LogP contribution in [0.25, 0.3) is 11.3 Å². The summed E-state index contributed by atoms with van der Waals surface area (Å²) in [5, 5.41) is 9.37. The van der Waals surface area contributed by atoms with E-state index in [0.29, 0.717) is 30.0 Å². The maximum Gasteiger partial charge on any atom is 0.449 e. The van der Waals surface area contributed by atoms with E-state index in [1.165, 1.54) is 17.0 Å². The van der Waals surface area contributed by atoms with Crippen LogP contribution >= 0.6 is 0 Å². The lowest BCUT2D eigenvalue weighted by atomic mass is 10.2. The summed E-state index contributed by atoms with van der Waals surface area (Å²) < 4.78 is 39.9. The number of alkyl halides is 3. The lowest BCUT2D eigenvalue weighted by Gasteiger charge is -2.19. The zero-order chi connectivity index (χ0) is 12.8. The predicted molar refractivity (Wildman–Crippen MR) is 56.5 cm³/mol. The SMILES string of the molecule is FC(F)(F)c1nc(-c2cn[nH]c2)c2n1CCNC2. The Kier molecular flexibility index (Phi) is 2.40. The highest BCUT2D eigenvalue weighted by atomic mass is 19.4. The number of nitrogens with zero attached hydrogens (tertiary/aromatic N) is 3. The maximum atomic E-state index is 12.9. The van der Waals surface area contributed by atoms with E-state index >= 15 is 0 Å². The lowest BCUT2D eigenvalue weighted by molar-refractivity contribution is -0.147. The number of aromatic nitrogens is 4. The van der Waals surface area contributed by atoms with Crippen molar-refractivity contribution in [3.63, 3.8) is 0 Å². The van der Waals surface area contributed by atoms with Gasteiger partial charge in [0, 0.05) is 31.4 Å². The maximum absolute atomic E-state index is 12.9. The Hall–Kier alpha value is -1.83. The monoisotopic (exact) mass is 257 g/mol. The number of fused-ring (bicyclic) bond motifs is 1. The molecule has 0 fully saturated rings. The summed E-state index contributed by atoms with van der Waals surface area (Å²) in [5.74, 6) is -0.838. The first kappa shape index (κ1) is 11.3. The number of H-pyrrole nitrogens is 1. The molecule has 0 radical (unpaired) electrons. The van der Waals surface area contributed by atoms with Gasteiger partial charge in [0.2, 0.25) is 5.82 Å². The van der Waals surface area contributed by atoms with Crippen LogP contribution in [-0.2, 0) is 19.3 Å². The second-order valence-corrected chi connectivity index (χ2v) is 4.04. The molecule has 2 aromatic heterocycles. The van der Waals surface area contributed by atoms with Gasteiger partial charge in [0.1, 0.15) is 0 Å². The number of imidazole rings is 1. The molecule has 0 saturated carbocycles. The van der Waals surface area contributed by atoms with E-state index in [2.05, 4.69) is 20.5 Å². The third-order valence-corrected chi connectivity index (χ3v) is 2.90. The molecule has 96 valence electrons. The van der Waals surface area contributed by atoms with E-state index in [4.69, 9.17) is 0 Å². The highest BCUT2D eigenvalue weighted by molar-refractivity contribution is 5.61. The Morgan fingerprint density at radius 3 is 2.83 bits per heavy atom. The van der Waals surface area contributed by atoms with Crippen molar-refractivity contribution < 1.29 is 13.2 Å². The molecule has 0 aromatic carbocycles. The summed E-state index contributed by atoms with van der Waals surface area (Å²) in [6.45, 7) is 1.16. The van der Waals surface area contributed by atoms with Crippen molar-refractivity contribution in [2.75, 3.05) is 6.54 Å². The Morgan fingerprint density at radius 1 is 1.33 bits per heavy atom. The van der Waals surface area contributed by atoms with Gasteiger partial charge in [0.05, 0.1) is 17.6 Å². The van der Waals surface area contributed by atoms with E-state index in [1.54, 1.807) is 0 Å². The van der Waals surface area contributed by atoms with Gasteiger partial charge in [-0.25, -0.2) is 4.98 Å². The first-order chi connectivity index (χ1) is 8.57. The molecule has 0 unspecified atom stereocenters. The van der Waals surface area contributed by atoms with Gasteiger partial charge >= 0.3 is 6.18 Å². The van der Waals surface area contributed by atoms with Crippen molar-refractivity contribution in [3.8, 4) is 11.3 Å². The molecule has 8 heteroatoms. The molecule has 2 aromatic rings. The van der Waals surface area contributed by atoms with Crippen LogP contribution in [0, 0.1) is 0 Å². The van der Waals surface area contributed by atoms with Crippen molar-refractivity contribution in [2.24, 2.45) is 0 Å². The van der Waals surface area contributed by atoms with Crippen molar-refractivity contribution >= 4 is 0 Å². The van der Waals surface area contributed by atoms with Crippen LogP contribution in [0.3, 0.4) is 0 Å². The number of hydrogen-bond acceptors (Lipinski definition) is 3. The summed E-state index contributed by atoms with van der Waals surface area (Å²) in [5.41, 5.74) is 1.45. The first-order valence-electron chi connectivity index (χ1n) is 5.44. The Balaban J connectivity index is 2.19. The smallest absolute Gasteiger partial charge is 0.321 e. The summed E-state index contributed by atoms with van der Waals surface area (Å²) in [6, 6.07) is 0. The van der Waals surface area contributed by atoms with Crippen molar-refractivity contribution in [1.29, 1.82) is 0 Å². The van der Waals surface area contributed by atoms with E-state index < -0.39 is 12.0 Å². The van der Waals surface area contributed by atoms with Crippen LogP contribution in [0.5, 0.6) is 0 Å². The van der Waals surface area contributed by atoms with Crippen molar-refractivity contribution in [1.82, 2.24) is 25.1 Å². The fourth-order valence-corrected chi connectivity index (χ4v) is 2.13. The van der Waals surface area contributed by atoms with E-state index in [0.717, 1.165) is 0 Å². The van der Waals surface area contributed by atoms with Crippen LogP contribution in [-0.4, -0.2) is 26.3 Å². The summed E-state index contributed by atoms with van der Waals surface area (Å²) in [4.78, 5) is 3.74. The van der Waals surface area contributed by atoms with E-state index in [-0.39, 0.29) is 6.54 Å². The minimum Gasteiger partial charge on any atom is -0.321 e. The van der Waals surface area contributed by atoms with Crippen molar-refractivity contribution in [3.05, 3.63) is 23.9 Å². The highest BCUT2D eigenvalue weighted by Crippen LogP contribution is 2.34. The Bertz CT molecular complexity index is 555. The Labute approximate surface area is 100 Å². The van der Waals surface area contributed by atoms with Crippen LogP contribution in [0.2, 0.25) is 0 Å². The van der Waals surface area contributed by atoms with Crippen LogP contribution < -0.4 is 5.32 Å². The third kappa shape index (κ3) is 1.69. The molecule has 0 saturated heterocycles. The fraction of sp³-hybridized carbons (Fsp3) is 0.400. The minimum atomic E-state index is -4.44. The molecule has 0 bridgehead atoms. The molecule has 1 aliphatic rings.